The predicted molar refractivity (Wildman–Crippen MR) is 101 cm³/mol. The number of hydrogen-bond acceptors (Lipinski definition) is 2. The lowest BCUT2D eigenvalue weighted by Crippen LogP contribution is -3.15. The van der Waals surface area contributed by atoms with Crippen LogP contribution in [-0.4, -0.2) is 38.6 Å². The first-order valence-electron chi connectivity index (χ1n) is 8.96. The number of carbonyl (C=O) groups is 1. The molecule has 1 aromatic heterocycles. The summed E-state index contributed by atoms with van der Waals surface area (Å²) in [5, 5.41) is 2.96. The molecule has 9 heteroatoms. The fourth-order valence-corrected chi connectivity index (χ4v) is 3.52. The van der Waals surface area contributed by atoms with Crippen LogP contribution in [0.25, 0.3) is 0 Å². The number of carbonyl (C=O) groups excluding carboxylic acids is 1. The van der Waals surface area contributed by atoms with Gasteiger partial charge in [0, 0.05) is 5.69 Å². The van der Waals surface area contributed by atoms with Gasteiger partial charge in [0.05, 0.1) is 5.56 Å². The van der Waals surface area contributed by atoms with Crippen LogP contribution in [0.4, 0.5) is 24.7 Å². The Morgan fingerprint density at radius 3 is 2.57 bits per heavy atom. The Balaban J connectivity index is 1.55. The quantitative estimate of drug-likeness (QED) is 0.802. The topological polar surface area (TPSA) is 50.9 Å². The van der Waals surface area contributed by atoms with Crippen LogP contribution in [0.2, 0.25) is 5.02 Å². The van der Waals surface area contributed by atoms with E-state index in [1.165, 1.54) is 0 Å². The highest BCUT2D eigenvalue weighted by atomic mass is 35.5. The molecule has 0 radical (unpaired) electrons. The number of nitrogens with one attached hydrogen (secondary N) is 3. The summed E-state index contributed by atoms with van der Waals surface area (Å²) in [6.45, 7) is 4.83. The van der Waals surface area contributed by atoms with Gasteiger partial charge in [-0.25, -0.2) is 9.88 Å². The van der Waals surface area contributed by atoms with Crippen molar-refractivity contribution in [2.75, 3.05) is 42.9 Å². The summed E-state index contributed by atoms with van der Waals surface area (Å²) in [5.41, 5.74) is 0.998. The van der Waals surface area contributed by atoms with Gasteiger partial charge in [-0.3, -0.25) is 4.79 Å². The van der Waals surface area contributed by atoms with Gasteiger partial charge >= 0.3 is 6.18 Å². The lowest BCUT2D eigenvalue weighted by molar-refractivity contribution is -0.892. The summed E-state index contributed by atoms with van der Waals surface area (Å²) >= 11 is 6.05. The molecule has 1 fully saturated rings. The van der Waals surface area contributed by atoms with Gasteiger partial charge in [0.15, 0.2) is 6.54 Å². The molecule has 3 N–H and O–H groups in total. The van der Waals surface area contributed by atoms with Crippen LogP contribution in [0, 0.1) is 6.92 Å². The SMILES string of the molecule is Cc1ccccc1NC(=O)C[NH+]1CCN(c2[nH+]cc(C(F)(F)F)cc2Cl)CC1. The molecule has 2 heterocycles. The minimum absolute atomic E-state index is 0.0376. The van der Waals surface area contributed by atoms with E-state index in [1.54, 1.807) is 0 Å². The number of rotatable bonds is 4. The van der Waals surface area contributed by atoms with Crippen LogP contribution >= 0.6 is 11.6 Å². The Morgan fingerprint density at radius 2 is 1.96 bits per heavy atom. The zero-order valence-corrected chi connectivity index (χ0v) is 16.1. The van der Waals surface area contributed by atoms with Crippen molar-refractivity contribution in [3.05, 3.63) is 52.7 Å². The molecule has 3 rings (SSSR count). The van der Waals surface area contributed by atoms with E-state index < -0.39 is 11.7 Å². The maximum atomic E-state index is 12.8. The van der Waals surface area contributed by atoms with E-state index in [2.05, 4.69) is 10.3 Å². The molecule has 5 nitrogen and oxygen atoms in total. The third kappa shape index (κ3) is 4.94. The Morgan fingerprint density at radius 1 is 1.29 bits per heavy atom. The number of alkyl halides is 3. The Hall–Kier alpha value is -2.32. The van der Waals surface area contributed by atoms with E-state index in [4.69, 9.17) is 11.6 Å². The summed E-state index contributed by atoms with van der Waals surface area (Å²) in [6.07, 6.45) is -3.51. The summed E-state index contributed by atoms with van der Waals surface area (Å²) in [6, 6.07) is 8.52. The van der Waals surface area contributed by atoms with Crippen LogP contribution in [-0.2, 0) is 11.0 Å². The zero-order valence-electron chi connectivity index (χ0n) is 15.4. The third-order valence-corrected chi connectivity index (χ3v) is 5.10. The van der Waals surface area contributed by atoms with Crippen molar-refractivity contribution in [3.8, 4) is 0 Å². The van der Waals surface area contributed by atoms with Gasteiger partial charge in [-0.2, -0.15) is 13.2 Å². The summed E-state index contributed by atoms with van der Waals surface area (Å²) in [5.74, 6) is 0.412. The number of H-pyrrole nitrogens is 1. The number of pyridine rings is 1. The molecule has 1 aliphatic heterocycles. The van der Waals surface area contributed by atoms with Gasteiger partial charge in [-0.1, -0.05) is 29.8 Å². The van der Waals surface area contributed by atoms with Crippen molar-refractivity contribution in [2.24, 2.45) is 0 Å². The summed E-state index contributed by atoms with van der Waals surface area (Å²) in [4.78, 5) is 18.0. The fourth-order valence-electron chi connectivity index (χ4n) is 3.23. The van der Waals surface area contributed by atoms with E-state index in [1.807, 2.05) is 36.1 Å². The smallest absolute Gasteiger partial charge is 0.321 e. The number of halogens is 4. The normalized spacial score (nSPS) is 15.5. The number of piperazine rings is 1. The Bertz CT molecular complexity index is 851. The fraction of sp³-hybridized carbons (Fsp3) is 0.368. The lowest BCUT2D eigenvalue weighted by atomic mass is 10.2. The van der Waals surface area contributed by atoms with Crippen LogP contribution in [0.3, 0.4) is 0 Å². The number of quaternary nitrogens is 1. The molecule has 0 saturated carbocycles. The second-order valence-corrected chi connectivity index (χ2v) is 7.27. The molecule has 1 saturated heterocycles. The van der Waals surface area contributed by atoms with Gasteiger partial charge < -0.3 is 10.2 Å². The number of hydrogen-bond donors (Lipinski definition) is 2. The number of nitrogens with zero attached hydrogens (tertiary/aromatic N) is 1. The highest BCUT2D eigenvalue weighted by molar-refractivity contribution is 6.32. The predicted octanol–water partition coefficient (Wildman–Crippen LogP) is 1.82. The van der Waals surface area contributed by atoms with E-state index in [0.29, 0.717) is 38.5 Å². The molecule has 1 aromatic carbocycles. The molecule has 1 aliphatic rings. The number of aromatic amines is 1. The van der Waals surface area contributed by atoms with Crippen LogP contribution in [0.1, 0.15) is 11.1 Å². The molecule has 0 atom stereocenters. The van der Waals surface area contributed by atoms with Crippen molar-refractivity contribution in [3.63, 3.8) is 0 Å². The molecule has 2 aromatic rings. The average molecular weight is 415 g/mol. The molecule has 0 unspecified atom stereocenters. The highest BCUT2D eigenvalue weighted by Gasteiger charge is 2.35. The van der Waals surface area contributed by atoms with Gasteiger partial charge in [0.2, 0.25) is 0 Å². The number of aryl methyl sites for hydroxylation is 1. The van der Waals surface area contributed by atoms with E-state index >= 15 is 0 Å². The highest BCUT2D eigenvalue weighted by Crippen LogP contribution is 2.31. The van der Waals surface area contributed by atoms with Crippen LogP contribution in [0.15, 0.2) is 36.5 Å². The first-order valence-corrected chi connectivity index (χ1v) is 9.34. The minimum Gasteiger partial charge on any atom is -0.321 e. The standard InChI is InChI=1S/C19H20ClF3N4O/c1-13-4-2-3-5-16(13)25-17(28)12-26-6-8-27(9-7-26)18-15(20)10-14(11-24-18)19(21,22)23/h2-5,10-11H,6-9,12H2,1H3,(H,25,28)/p+2. The molecule has 0 spiro atoms. The summed E-state index contributed by atoms with van der Waals surface area (Å²) in [7, 11) is 0. The first kappa shape index (κ1) is 20.4. The van der Waals surface area contributed by atoms with E-state index in [-0.39, 0.29) is 10.9 Å². The Labute approximate surface area is 166 Å². The van der Waals surface area contributed by atoms with Crippen LogP contribution < -0.4 is 20.1 Å². The number of para-hydroxylation sites is 1. The van der Waals surface area contributed by atoms with Gasteiger partial charge in [-0.05, 0) is 24.6 Å². The van der Waals surface area contributed by atoms with Gasteiger partial charge in [-0.15, -0.1) is 0 Å². The molecular weight excluding hydrogens is 393 g/mol. The number of anilines is 2. The second-order valence-electron chi connectivity index (χ2n) is 6.86. The van der Waals surface area contributed by atoms with Crippen molar-refractivity contribution in [1.82, 2.24) is 0 Å². The maximum absolute atomic E-state index is 12.8. The van der Waals surface area contributed by atoms with Crippen molar-refractivity contribution < 1.29 is 27.8 Å². The molecule has 28 heavy (non-hydrogen) atoms. The average Bonchev–Trinajstić information content (AvgIpc) is 2.63. The monoisotopic (exact) mass is 414 g/mol. The number of benzene rings is 1. The van der Waals surface area contributed by atoms with Crippen molar-refractivity contribution in [1.29, 1.82) is 0 Å². The number of amides is 1. The lowest BCUT2D eigenvalue weighted by Gasteiger charge is -2.28. The van der Waals surface area contributed by atoms with Gasteiger partial charge in [0.25, 0.3) is 11.7 Å². The molecule has 1 amide bonds. The minimum atomic E-state index is -4.44. The largest absolute Gasteiger partial charge is 0.419 e. The summed E-state index contributed by atoms with van der Waals surface area (Å²) < 4.78 is 38.3. The van der Waals surface area contributed by atoms with Crippen molar-refractivity contribution >= 4 is 29.0 Å². The molecule has 0 aliphatic carbocycles. The zero-order chi connectivity index (χ0) is 20.3. The van der Waals surface area contributed by atoms with E-state index in [9.17, 15) is 18.0 Å². The number of aromatic nitrogens is 1. The first-order chi connectivity index (χ1) is 13.2. The van der Waals surface area contributed by atoms with E-state index in [0.717, 1.165) is 28.4 Å². The van der Waals surface area contributed by atoms with Gasteiger partial charge in [0.1, 0.15) is 37.4 Å². The maximum Gasteiger partial charge on any atom is 0.419 e. The molecular formula is C19H22ClF3N4O+2. The molecule has 0 bridgehead atoms. The van der Waals surface area contributed by atoms with Crippen LogP contribution in [0.5, 0.6) is 0 Å². The third-order valence-electron chi connectivity index (χ3n) is 4.82. The Kier molecular flexibility index (Phi) is 6.10. The second kappa shape index (κ2) is 8.36. The van der Waals surface area contributed by atoms with Crippen molar-refractivity contribution in [2.45, 2.75) is 13.1 Å². The molecule has 150 valence electrons.